The molecule has 1 aromatic rings. The number of nitrogen functional groups attached to an aromatic ring is 1. The summed E-state index contributed by atoms with van der Waals surface area (Å²) in [5.41, 5.74) is 9.30. The van der Waals surface area contributed by atoms with Crippen LogP contribution in [0.5, 0.6) is 0 Å². The molecule has 1 aromatic heterocycles. The van der Waals surface area contributed by atoms with Gasteiger partial charge in [-0.1, -0.05) is 13.0 Å². The molecule has 0 radical (unpaired) electrons. The van der Waals surface area contributed by atoms with Gasteiger partial charge in [0.05, 0.1) is 11.6 Å². The zero-order valence-electron chi connectivity index (χ0n) is 10.7. The summed E-state index contributed by atoms with van der Waals surface area (Å²) in [7, 11) is 1.69. The largest absolute Gasteiger partial charge is 0.383 e. The average molecular weight is 238 g/mol. The Morgan fingerprint density at radius 1 is 1.59 bits per heavy atom. The molecule has 0 amide bonds. The van der Waals surface area contributed by atoms with Crippen molar-refractivity contribution in [2.45, 2.75) is 38.3 Å². The highest BCUT2D eigenvalue weighted by Crippen LogP contribution is 2.23. The third-order valence-electron chi connectivity index (χ3n) is 3.46. The third-order valence-corrected chi connectivity index (χ3v) is 3.46. The van der Waals surface area contributed by atoms with Crippen molar-refractivity contribution in [2.75, 3.05) is 12.8 Å². The average Bonchev–Trinajstić information content (AvgIpc) is 2.37. The van der Waals surface area contributed by atoms with E-state index in [1.807, 2.05) is 19.1 Å². The summed E-state index contributed by atoms with van der Waals surface area (Å²) in [5, 5.41) is 0. The number of anilines is 1. The molecule has 0 spiro atoms. The number of nitrogens with zero attached hydrogens (tertiary/aromatic N) is 1. The Hall–Kier alpha value is -1.17. The standard InChI is InChI=1S/C12H22N4O/c1-4-12(2,17-3)10(16-14)8-9-6-5-7-15-11(9)13/h5-7,10,16H,4,8,14H2,1-3H3,(H2,13,15). The molecule has 5 nitrogen and oxygen atoms in total. The third kappa shape index (κ3) is 3.15. The number of rotatable bonds is 6. The fraction of sp³-hybridized carbons (Fsp3) is 0.583. The van der Waals surface area contributed by atoms with E-state index < -0.39 is 0 Å². The molecule has 5 N–H and O–H groups in total. The maximum atomic E-state index is 5.83. The Labute approximate surface area is 103 Å². The Kier molecular flexibility index (Phi) is 4.86. The van der Waals surface area contributed by atoms with Gasteiger partial charge >= 0.3 is 0 Å². The van der Waals surface area contributed by atoms with Crippen molar-refractivity contribution < 1.29 is 4.74 Å². The second-order valence-electron chi connectivity index (χ2n) is 4.34. The number of aromatic nitrogens is 1. The number of hydrogen-bond acceptors (Lipinski definition) is 5. The molecule has 0 aromatic carbocycles. The van der Waals surface area contributed by atoms with Gasteiger partial charge in [-0.15, -0.1) is 0 Å². The molecule has 0 aliphatic rings. The van der Waals surface area contributed by atoms with Crippen LogP contribution in [0.2, 0.25) is 0 Å². The first kappa shape index (κ1) is 13.9. The summed E-state index contributed by atoms with van der Waals surface area (Å²) in [4.78, 5) is 4.07. The van der Waals surface area contributed by atoms with Gasteiger partial charge in [-0.2, -0.15) is 0 Å². The van der Waals surface area contributed by atoms with Crippen molar-refractivity contribution in [2.24, 2.45) is 5.84 Å². The lowest BCUT2D eigenvalue weighted by atomic mass is 9.89. The van der Waals surface area contributed by atoms with E-state index in [4.69, 9.17) is 16.3 Å². The highest BCUT2D eigenvalue weighted by atomic mass is 16.5. The van der Waals surface area contributed by atoms with Gasteiger partial charge in [-0.3, -0.25) is 11.3 Å². The van der Waals surface area contributed by atoms with Crippen LogP contribution in [0.4, 0.5) is 5.82 Å². The molecule has 0 saturated carbocycles. The van der Waals surface area contributed by atoms with Crippen LogP contribution < -0.4 is 17.0 Å². The summed E-state index contributed by atoms with van der Waals surface area (Å²) in [6, 6.07) is 3.82. The minimum absolute atomic E-state index is 0.0102. The Balaban J connectivity index is 2.87. The van der Waals surface area contributed by atoms with Gasteiger partial charge in [0, 0.05) is 13.3 Å². The number of hydrogen-bond donors (Lipinski definition) is 3. The molecule has 0 fully saturated rings. The van der Waals surface area contributed by atoms with Crippen LogP contribution in [-0.4, -0.2) is 23.7 Å². The number of methoxy groups -OCH3 is 1. The van der Waals surface area contributed by atoms with E-state index in [1.54, 1.807) is 13.3 Å². The van der Waals surface area contributed by atoms with Gasteiger partial charge in [0.2, 0.25) is 0 Å². The Morgan fingerprint density at radius 3 is 2.76 bits per heavy atom. The van der Waals surface area contributed by atoms with E-state index in [2.05, 4.69) is 17.3 Å². The molecule has 17 heavy (non-hydrogen) atoms. The van der Waals surface area contributed by atoms with E-state index in [0.717, 1.165) is 12.0 Å². The van der Waals surface area contributed by atoms with Crippen LogP contribution >= 0.6 is 0 Å². The fourth-order valence-corrected chi connectivity index (χ4v) is 1.83. The highest BCUT2D eigenvalue weighted by molar-refractivity contribution is 5.39. The lowest BCUT2D eigenvalue weighted by Crippen LogP contribution is -2.53. The monoisotopic (exact) mass is 238 g/mol. The molecule has 1 heterocycles. The number of pyridine rings is 1. The van der Waals surface area contributed by atoms with E-state index in [-0.39, 0.29) is 11.6 Å². The molecule has 5 heteroatoms. The van der Waals surface area contributed by atoms with E-state index in [1.165, 1.54) is 0 Å². The first-order valence-electron chi connectivity index (χ1n) is 5.78. The minimum atomic E-state index is -0.322. The van der Waals surface area contributed by atoms with Crippen LogP contribution in [0.25, 0.3) is 0 Å². The molecule has 96 valence electrons. The van der Waals surface area contributed by atoms with E-state index >= 15 is 0 Å². The summed E-state index contributed by atoms with van der Waals surface area (Å²) in [6.07, 6.45) is 3.23. The van der Waals surface area contributed by atoms with Crippen molar-refractivity contribution in [1.29, 1.82) is 0 Å². The maximum Gasteiger partial charge on any atom is 0.126 e. The number of nitrogens with two attached hydrogens (primary N) is 2. The molecule has 0 saturated heterocycles. The topological polar surface area (TPSA) is 86.2 Å². The van der Waals surface area contributed by atoms with E-state index in [0.29, 0.717) is 12.2 Å². The Morgan fingerprint density at radius 2 is 2.29 bits per heavy atom. The van der Waals surface area contributed by atoms with Gasteiger partial charge in [-0.05, 0) is 31.4 Å². The van der Waals surface area contributed by atoms with Gasteiger partial charge < -0.3 is 10.5 Å². The van der Waals surface area contributed by atoms with Crippen LogP contribution in [-0.2, 0) is 11.2 Å². The molecule has 0 aliphatic carbocycles. The zero-order chi connectivity index (χ0) is 12.9. The second kappa shape index (κ2) is 5.95. The predicted molar refractivity (Wildman–Crippen MR) is 69.2 cm³/mol. The molecule has 0 bridgehead atoms. The summed E-state index contributed by atoms with van der Waals surface area (Å²) in [5.74, 6) is 6.16. The quantitative estimate of drug-likeness (QED) is 0.505. The summed E-state index contributed by atoms with van der Waals surface area (Å²) >= 11 is 0. The lowest BCUT2D eigenvalue weighted by molar-refractivity contribution is -0.0287. The number of hydrazine groups is 1. The van der Waals surface area contributed by atoms with Crippen LogP contribution in [0.1, 0.15) is 25.8 Å². The fourth-order valence-electron chi connectivity index (χ4n) is 1.83. The van der Waals surface area contributed by atoms with Gasteiger partial charge in [0.1, 0.15) is 5.82 Å². The number of ether oxygens (including phenoxy) is 1. The van der Waals surface area contributed by atoms with Crippen LogP contribution in [0.15, 0.2) is 18.3 Å². The molecule has 1 rings (SSSR count). The zero-order valence-corrected chi connectivity index (χ0v) is 10.7. The molecule has 0 aliphatic heterocycles. The second-order valence-corrected chi connectivity index (χ2v) is 4.34. The van der Waals surface area contributed by atoms with Crippen LogP contribution in [0, 0.1) is 0 Å². The van der Waals surface area contributed by atoms with Crippen molar-refractivity contribution in [3.05, 3.63) is 23.9 Å². The van der Waals surface area contributed by atoms with Crippen molar-refractivity contribution >= 4 is 5.82 Å². The molecular formula is C12H22N4O. The molecule has 2 atom stereocenters. The van der Waals surface area contributed by atoms with Crippen molar-refractivity contribution in [1.82, 2.24) is 10.4 Å². The van der Waals surface area contributed by atoms with Crippen molar-refractivity contribution in [3.63, 3.8) is 0 Å². The molecule has 2 unspecified atom stereocenters. The summed E-state index contributed by atoms with van der Waals surface area (Å²) in [6.45, 7) is 4.10. The maximum absolute atomic E-state index is 5.83. The highest BCUT2D eigenvalue weighted by Gasteiger charge is 2.32. The normalized spacial score (nSPS) is 16.5. The predicted octanol–water partition coefficient (Wildman–Crippen LogP) is 0.853. The smallest absolute Gasteiger partial charge is 0.126 e. The van der Waals surface area contributed by atoms with Crippen molar-refractivity contribution in [3.8, 4) is 0 Å². The van der Waals surface area contributed by atoms with Gasteiger partial charge in [0.15, 0.2) is 0 Å². The molecular weight excluding hydrogens is 216 g/mol. The SMILES string of the molecule is CCC(C)(OC)C(Cc1cccnc1N)NN. The van der Waals surface area contributed by atoms with Crippen LogP contribution in [0.3, 0.4) is 0 Å². The lowest BCUT2D eigenvalue weighted by Gasteiger charge is -2.35. The van der Waals surface area contributed by atoms with Gasteiger partial charge in [-0.25, -0.2) is 4.98 Å². The first-order chi connectivity index (χ1) is 8.07. The van der Waals surface area contributed by atoms with Gasteiger partial charge in [0.25, 0.3) is 0 Å². The van der Waals surface area contributed by atoms with E-state index in [9.17, 15) is 0 Å². The number of nitrogens with one attached hydrogen (secondary N) is 1. The minimum Gasteiger partial charge on any atom is -0.383 e. The Bertz CT molecular complexity index is 352. The first-order valence-corrected chi connectivity index (χ1v) is 5.78. The summed E-state index contributed by atoms with van der Waals surface area (Å²) < 4.78 is 5.55.